The molecule has 0 spiro atoms. The average molecular weight is 270 g/mol. The Morgan fingerprint density at radius 2 is 1.89 bits per heavy atom. The van der Waals surface area contributed by atoms with Crippen LogP contribution in [0.1, 0.15) is 25.6 Å². The van der Waals surface area contributed by atoms with Crippen molar-refractivity contribution < 1.29 is 4.74 Å². The SMILES string of the molecule is CCN(CC)CC1=NNC(c2ccccc2)O1.Cl. The highest BCUT2D eigenvalue weighted by atomic mass is 35.5. The Balaban J connectivity index is 0.00000162. The lowest BCUT2D eigenvalue weighted by molar-refractivity contribution is 0.178. The van der Waals surface area contributed by atoms with E-state index < -0.39 is 0 Å². The van der Waals surface area contributed by atoms with Crippen molar-refractivity contribution in [1.82, 2.24) is 10.3 Å². The molecule has 1 N–H and O–H groups in total. The lowest BCUT2D eigenvalue weighted by Gasteiger charge is -2.17. The van der Waals surface area contributed by atoms with Gasteiger partial charge in [-0.15, -0.1) is 17.5 Å². The molecule has 0 saturated heterocycles. The molecule has 1 aromatic rings. The van der Waals surface area contributed by atoms with Crippen LogP contribution in [0.3, 0.4) is 0 Å². The van der Waals surface area contributed by atoms with Gasteiger partial charge in [0.2, 0.25) is 12.1 Å². The molecule has 0 aliphatic carbocycles. The van der Waals surface area contributed by atoms with Gasteiger partial charge in [0.05, 0.1) is 6.54 Å². The smallest absolute Gasteiger partial charge is 0.222 e. The van der Waals surface area contributed by atoms with Gasteiger partial charge in [-0.05, 0) is 13.1 Å². The second-order valence-electron chi connectivity index (χ2n) is 4.00. The molecule has 0 fully saturated rings. The zero-order chi connectivity index (χ0) is 12.1. The van der Waals surface area contributed by atoms with Crippen molar-refractivity contribution in [3.63, 3.8) is 0 Å². The predicted octanol–water partition coefficient (Wildman–Crippen LogP) is 2.38. The average Bonchev–Trinajstić information content (AvgIpc) is 2.85. The van der Waals surface area contributed by atoms with Gasteiger partial charge in [0.25, 0.3) is 0 Å². The summed E-state index contributed by atoms with van der Waals surface area (Å²) >= 11 is 0. The Morgan fingerprint density at radius 1 is 1.22 bits per heavy atom. The van der Waals surface area contributed by atoms with Crippen molar-refractivity contribution in [3.8, 4) is 0 Å². The number of hydrazone groups is 1. The highest BCUT2D eigenvalue weighted by Crippen LogP contribution is 2.18. The number of hydrogen-bond acceptors (Lipinski definition) is 4. The predicted molar refractivity (Wildman–Crippen MR) is 75.9 cm³/mol. The number of hydrogen-bond donors (Lipinski definition) is 1. The molecule has 1 unspecified atom stereocenters. The third-order valence-corrected chi connectivity index (χ3v) is 2.92. The van der Waals surface area contributed by atoms with Crippen LogP contribution in [-0.2, 0) is 4.74 Å². The molecule has 1 aliphatic heterocycles. The highest BCUT2D eigenvalue weighted by Gasteiger charge is 2.21. The lowest BCUT2D eigenvalue weighted by Crippen LogP contribution is -2.29. The van der Waals surface area contributed by atoms with Crippen molar-refractivity contribution in [2.75, 3.05) is 19.6 Å². The van der Waals surface area contributed by atoms with Gasteiger partial charge in [-0.3, -0.25) is 10.3 Å². The first-order chi connectivity index (χ1) is 8.33. The van der Waals surface area contributed by atoms with Gasteiger partial charge in [-0.1, -0.05) is 44.2 Å². The van der Waals surface area contributed by atoms with E-state index in [2.05, 4.69) is 29.3 Å². The van der Waals surface area contributed by atoms with Gasteiger partial charge in [0.1, 0.15) is 0 Å². The Kier molecular flexibility index (Phi) is 5.95. The minimum absolute atomic E-state index is 0. The van der Waals surface area contributed by atoms with E-state index in [0.717, 1.165) is 31.1 Å². The van der Waals surface area contributed by atoms with E-state index in [0.29, 0.717) is 0 Å². The van der Waals surface area contributed by atoms with Crippen LogP contribution in [0.4, 0.5) is 0 Å². The maximum absolute atomic E-state index is 5.78. The quantitative estimate of drug-likeness (QED) is 0.892. The molecule has 4 nitrogen and oxygen atoms in total. The van der Waals surface area contributed by atoms with Gasteiger partial charge in [-0.2, -0.15) is 0 Å². The summed E-state index contributed by atoms with van der Waals surface area (Å²) in [7, 11) is 0. The number of nitrogens with zero attached hydrogens (tertiary/aromatic N) is 2. The molecule has 1 atom stereocenters. The summed E-state index contributed by atoms with van der Waals surface area (Å²) in [6.07, 6.45) is -0.137. The van der Waals surface area contributed by atoms with Gasteiger partial charge in [0.15, 0.2) is 0 Å². The molecule has 5 heteroatoms. The molecule has 18 heavy (non-hydrogen) atoms. The number of ether oxygens (including phenoxy) is 1. The largest absolute Gasteiger partial charge is 0.449 e. The zero-order valence-corrected chi connectivity index (χ0v) is 11.6. The monoisotopic (exact) mass is 269 g/mol. The van der Waals surface area contributed by atoms with Crippen molar-refractivity contribution in [2.45, 2.75) is 20.1 Å². The summed E-state index contributed by atoms with van der Waals surface area (Å²) in [5, 5.41) is 4.23. The minimum Gasteiger partial charge on any atom is -0.449 e. The summed E-state index contributed by atoms with van der Waals surface area (Å²) in [6, 6.07) is 10.1. The van der Waals surface area contributed by atoms with Gasteiger partial charge >= 0.3 is 0 Å². The topological polar surface area (TPSA) is 36.9 Å². The van der Waals surface area contributed by atoms with E-state index in [1.165, 1.54) is 0 Å². The van der Waals surface area contributed by atoms with Crippen LogP contribution in [-0.4, -0.2) is 30.4 Å². The molecule has 1 aliphatic rings. The van der Waals surface area contributed by atoms with E-state index in [-0.39, 0.29) is 18.6 Å². The van der Waals surface area contributed by atoms with Gasteiger partial charge in [-0.25, -0.2) is 0 Å². The number of likely N-dealkylation sites (N-methyl/N-ethyl adjacent to an activating group) is 1. The maximum Gasteiger partial charge on any atom is 0.222 e. The van der Waals surface area contributed by atoms with Crippen LogP contribution in [0, 0.1) is 0 Å². The van der Waals surface area contributed by atoms with E-state index in [9.17, 15) is 0 Å². The van der Waals surface area contributed by atoms with Crippen LogP contribution in [0.15, 0.2) is 35.4 Å². The molecule has 1 heterocycles. The molecule has 0 saturated carbocycles. The summed E-state index contributed by atoms with van der Waals surface area (Å²) in [6.45, 7) is 7.06. The van der Waals surface area contributed by atoms with Gasteiger partial charge in [0, 0.05) is 5.56 Å². The van der Waals surface area contributed by atoms with Crippen molar-refractivity contribution in [1.29, 1.82) is 0 Å². The first-order valence-corrected chi connectivity index (χ1v) is 6.09. The second kappa shape index (κ2) is 7.24. The van der Waals surface area contributed by atoms with E-state index in [1.807, 2.05) is 30.3 Å². The van der Waals surface area contributed by atoms with E-state index in [1.54, 1.807) is 0 Å². The van der Waals surface area contributed by atoms with Crippen LogP contribution in [0.2, 0.25) is 0 Å². The third kappa shape index (κ3) is 3.62. The van der Waals surface area contributed by atoms with Crippen molar-refractivity contribution in [3.05, 3.63) is 35.9 Å². The molecule has 0 aromatic heterocycles. The first-order valence-electron chi connectivity index (χ1n) is 6.09. The summed E-state index contributed by atoms with van der Waals surface area (Å²) in [5.74, 6) is 0.766. The maximum atomic E-state index is 5.78. The first kappa shape index (κ1) is 14.8. The fourth-order valence-electron chi connectivity index (χ4n) is 1.80. The Morgan fingerprint density at radius 3 is 2.50 bits per heavy atom. The lowest BCUT2D eigenvalue weighted by atomic mass is 10.2. The van der Waals surface area contributed by atoms with E-state index in [4.69, 9.17) is 4.74 Å². The number of halogens is 1. The van der Waals surface area contributed by atoms with Crippen molar-refractivity contribution >= 4 is 18.3 Å². The van der Waals surface area contributed by atoms with Crippen LogP contribution in [0.25, 0.3) is 0 Å². The number of nitrogens with one attached hydrogen (secondary N) is 1. The summed E-state index contributed by atoms with van der Waals surface area (Å²) in [4.78, 5) is 2.27. The second-order valence-corrected chi connectivity index (χ2v) is 4.00. The molecule has 100 valence electrons. The Hall–Kier alpha value is -1.26. The molecule has 1 aromatic carbocycles. The highest BCUT2D eigenvalue weighted by molar-refractivity contribution is 5.85. The molecule has 2 rings (SSSR count). The molecule has 0 radical (unpaired) electrons. The minimum atomic E-state index is -0.137. The molecular weight excluding hydrogens is 250 g/mol. The third-order valence-electron chi connectivity index (χ3n) is 2.92. The number of rotatable bonds is 5. The van der Waals surface area contributed by atoms with E-state index >= 15 is 0 Å². The zero-order valence-electron chi connectivity index (χ0n) is 10.8. The number of benzene rings is 1. The molecule has 0 bridgehead atoms. The fourth-order valence-corrected chi connectivity index (χ4v) is 1.80. The van der Waals surface area contributed by atoms with Crippen LogP contribution < -0.4 is 5.43 Å². The van der Waals surface area contributed by atoms with Crippen LogP contribution >= 0.6 is 12.4 Å². The summed E-state index contributed by atoms with van der Waals surface area (Å²) < 4.78 is 5.78. The summed E-state index contributed by atoms with van der Waals surface area (Å²) in [5.41, 5.74) is 4.12. The fraction of sp³-hybridized carbons (Fsp3) is 0.462. The Labute approximate surface area is 114 Å². The molecule has 0 amide bonds. The van der Waals surface area contributed by atoms with Gasteiger partial charge < -0.3 is 4.74 Å². The van der Waals surface area contributed by atoms with Crippen molar-refractivity contribution in [2.24, 2.45) is 5.10 Å². The normalized spacial score (nSPS) is 17.7. The van der Waals surface area contributed by atoms with Crippen LogP contribution in [0.5, 0.6) is 0 Å². The Bertz CT molecular complexity index is 379. The standard InChI is InChI=1S/C13H19N3O.ClH/c1-3-16(4-2)10-12-14-15-13(17-12)11-8-6-5-7-9-11;/h5-9,13,15H,3-4,10H2,1-2H3;1H. The molecular formula is C13H20ClN3O.